The number of phenols is 2. The highest BCUT2D eigenvalue weighted by atomic mass is 16.5. The number of aromatic nitrogens is 3. The Kier molecular flexibility index (Phi) is 6.20. The topological polar surface area (TPSA) is 124 Å². The van der Waals surface area contributed by atoms with Crippen LogP contribution in [0.15, 0.2) is 54.7 Å². The quantitative estimate of drug-likeness (QED) is 0.308. The molecule has 184 valence electrons. The van der Waals surface area contributed by atoms with Gasteiger partial charge in [0.2, 0.25) is 0 Å². The number of aryl methyl sites for hydroxylation is 1. The van der Waals surface area contributed by atoms with Crippen LogP contribution in [0.2, 0.25) is 0 Å². The van der Waals surface area contributed by atoms with E-state index in [1.54, 1.807) is 18.2 Å². The van der Waals surface area contributed by atoms with E-state index < -0.39 is 0 Å². The van der Waals surface area contributed by atoms with E-state index in [1.807, 2.05) is 30.3 Å². The summed E-state index contributed by atoms with van der Waals surface area (Å²) >= 11 is 0. The van der Waals surface area contributed by atoms with Crippen molar-refractivity contribution in [2.75, 3.05) is 12.4 Å². The Morgan fingerprint density at radius 1 is 1.17 bits per heavy atom. The average molecular weight is 486 g/mol. The van der Waals surface area contributed by atoms with Gasteiger partial charge in [0.05, 0.1) is 30.7 Å². The SMILES string of the molecule is CCc1cc(Cc2cc(Nc3cc(O)cc(O)c3C(=O)N3Cc4cccnc4C3)[nH]n2)ccc1OC. The first-order valence-electron chi connectivity index (χ1n) is 11.7. The van der Waals surface area contributed by atoms with Crippen molar-refractivity contribution in [1.29, 1.82) is 0 Å². The number of nitrogens with zero attached hydrogens (tertiary/aromatic N) is 3. The molecule has 0 aliphatic carbocycles. The summed E-state index contributed by atoms with van der Waals surface area (Å²) in [6.45, 7) is 2.83. The third-order valence-electron chi connectivity index (χ3n) is 6.30. The molecule has 0 fully saturated rings. The second-order valence-corrected chi connectivity index (χ2v) is 8.73. The summed E-state index contributed by atoms with van der Waals surface area (Å²) in [5.74, 6) is 0.556. The number of nitrogens with one attached hydrogen (secondary N) is 2. The molecule has 5 rings (SSSR count). The van der Waals surface area contributed by atoms with E-state index in [1.165, 1.54) is 6.07 Å². The molecule has 0 saturated carbocycles. The van der Waals surface area contributed by atoms with Gasteiger partial charge in [0.25, 0.3) is 5.91 Å². The van der Waals surface area contributed by atoms with Crippen LogP contribution in [0.1, 0.15) is 45.4 Å². The molecule has 0 spiro atoms. The van der Waals surface area contributed by atoms with Crippen molar-refractivity contribution in [1.82, 2.24) is 20.1 Å². The number of amides is 1. The normalized spacial score (nSPS) is 12.4. The van der Waals surface area contributed by atoms with Crippen LogP contribution in [-0.4, -0.2) is 43.3 Å². The molecule has 0 radical (unpaired) electrons. The Labute approximate surface area is 208 Å². The zero-order chi connectivity index (χ0) is 25.2. The highest BCUT2D eigenvalue weighted by Crippen LogP contribution is 2.35. The van der Waals surface area contributed by atoms with E-state index in [0.29, 0.717) is 25.3 Å². The van der Waals surface area contributed by atoms with Crippen molar-refractivity contribution in [3.05, 3.63) is 88.4 Å². The Bertz CT molecular complexity index is 1410. The Hall–Kier alpha value is -4.53. The molecule has 3 heterocycles. The van der Waals surface area contributed by atoms with Gasteiger partial charge in [0.15, 0.2) is 0 Å². The summed E-state index contributed by atoms with van der Waals surface area (Å²) in [5.41, 5.74) is 5.17. The highest BCUT2D eigenvalue weighted by Gasteiger charge is 2.29. The second kappa shape index (κ2) is 9.61. The van der Waals surface area contributed by atoms with E-state index in [0.717, 1.165) is 46.3 Å². The van der Waals surface area contributed by atoms with E-state index in [4.69, 9.17) is 4.74 Å². The fourth-order valence-electron chi connectivity index (χ4n) is 4.53. The number of anilines is 2. The fourth-order valence-corrected chi connectivity index (χ4v) is 4.53. The fraction of sp³-hybridized carbons (Fsp3) is 0.222. The summed E-state index contributed by atoms with van der Waals surface area (Å²) in [5, 5.41) is 31.1. The van der Waals surface area contributed by atoms with Crippen molar-refractivity contribution in [3.8, 4) is 17.2 Å². The monoisotopic (exact) mass is 485 g/mol. The van der Waals surface area contributed by atoms with E-state index in [-0.39, 0.29) is 28.7 Å². The van der Waals surface area contributed by atoms with Gasteiger partial charge in [-0.2, -0.15) is 5.10 Å². The smallest absolute Gasteiger partial charge is 0.260 e. The lowest BCUT2D eigenvalue weighted by molar-refractivity contribution is 0.0748. The first kappa shape index (κ1) is 23.2. The Morgan fingerprint density at radius 2 is 2.03 bits per heavy atom. The number of hydrogen-bond acceptors (Lipinski definition) is 7. The summed E-state index contributed by atoms with van der Waals surface area (Å²) < 4.78 is 5.41. The number of carbonyl (C=O) groups excluding carboxylic acids is 1. The number of ether oxygens (including phenoxy) is 1. The number of phenolic OH excluding ortho intramolecular Hbond substituents is 2. The molecule has 0 bridgehead atoms. The molecule has 2 aromatic heterocycles. The highest BCUT2D eigenvalue weighted by molar-refractivity contribution is 6.03. The summed E-state index contributed by atoms with van der Waals surface area (Å²) in [7, 11) is 1.66. The Morgan fingerprint density at radius 3 is 2.81 bits per heavy atom. The molecule has 4 N–H and O–H groups in total. The van der Waals surface area contributed by atoms with Gasteiger partial charge >= 0.3 is 0 Å². The molecule has 1 amide bonds. The summed E-state index contributed by atoms with van der Waals surface area (Å²) in [4.78, 5) is 19.3. The van der Waals surface area contributed by atoms with Crippen molar-refractivity contribution in [2.45, 2.75) is 32.9 Å². The van der Waals surface area contributed by atoms with Crippen LogP contribution in [0, 0.1) is 0 Å². The van der Waals surface area contributed by atoms with E-state index in [9.17, 15) is 15.0 Å². The summed E-state index contributed by atoms with van der Waals surface area (Å²) in [6, 6.07) is 14.2. The van der Waals surface area contributed by atoms with Gasteiger partial charge in [0, 0.05) is 37.4 Å². The van der Waals surface area contributed by atoms with Gasteiger partial charge in [-0.1, -0.05) is 25.1 Å². The first-order chi connectivity index (χ1) is 17.4. The maximum absolute atomic E-state index is 13.4. The lowest BCUT2D eigenvalue weighted by Gasteiger charge is -2.19. The van der Waals surface area contributed by atoms with Gasteiger partial charge in [-0.25, -0.2) is 0 Å². The molecule has 9 nitrogen and oxygen atoms in total. The third kappa shape index (κ3) is 4.55. The number of rotatable bonds is 7. The number of aromatic amines is 1. The minimum atomic E-state index is -0.363. The Balaban J connectivity index is 1.37. The maximum atomic E-state index is 13.4. The van der Waals surface area contributed by atoms with Crippen LogP contribution < -0.4 is 10.1 Å². The minimum absolute atomic E-state index is 0.0690. The van der Waals surface area contributed by atoms with Crippen molar-refractivity contribution in [2.24, 2.45) is 0 Å². The zero-order valence-corrected chi connectivity index (χ0v) is 20.1. The molecule has 0 saturated heterocycles. The van der Waals surface area contributed by atoms with Crippen molar-refractivity contribution < 1.29 is 19.7 Å². The van der Waals surface area contributed by atoms with Gasteiger partial charge in [-0.05, 0) is 35.2 Å². The molecular formula is C27H27N5O4. The number of benzene rings is 2. The average Bonchev–Trinajstić information content (AvgIpc) is 3.50. The number of aromatic hydroxyl groups is 2. The number of carbonyl (C=O) groups is 1. The van der Waals surface area contributed by atoms with Crippen LogP contribution in [0.5, 0.6) is 17.2 Å². The second-order valence-electron chi connectivity index (χ2n) is 8.73. The maximum Gasteiger partial charge on any atom is 0.260 e. The molecule has 1 aliphatic rings. The number of pyridine rings is 1. The van der Waals surface area contributed by atoms with Crippen LogP contribution in [0.25, 0.3) is 0 Å². The molecule has 0 atom stereocenters. The van der Waals surface area contributed by atoms with Crippen LogP contribution in [0.4, 0.5) is 11.5 Å². The first-order valence-corrected chi connectivity index (χ1v) is 11.7. The summed E-state index contributed by atoms with van der Waals surface area (Å²) in [6.07, 6.45) is 3.16. The lowest BCUT2D eigenvalue weighted by atomic mass is 10.0. The number of fused-ring (bicyclic) bond motifs is 1. The van der Waals surface area contributed by atoms with E-state index in [2.05, 4.69) is 33.5 Å². The molecule has 4 aromatic rings. The van der Waals surface area contributed by atoms with Gasteiger partial charge < -0.3 is 25.2 Å². The molecule has 0 unspecified atom stereocenters. The predicted molar refractivity (Wildman–Crippen MR) is 135 cm³/mol. The number of hydrogen-bond donors (Lipinski definition) is 4. The van der Waals surface area contributed by atoms with Gasteiger partial charge in [-0.3, -0.25) is 14.9 Å². The molecule has 1 aliphatic heterocycles. The van der Waals surface area contributed by atoms with Gasteiger partial charge in [0.1, 0.15) is 28.6 Å². The standard InChI is InChI=1S/C27H27N5O4/c1-3-17-9-16(6-7-24(17)36-2)10-19-11-25(31-30-19)29-21-12-20(33)13-23(34)26(21)27(35)32-14-18-5-4-8-28-22(18)15-32/h4-9,11-13,33-34H,3,10,14-15H2,1-2H3,(H2,29,30,31). The molecule has 36 heavy (non-hydrogen) atoms. The molecular weight excluding hydrogens is 458 g/mol. The lowest BCUT2D eigenvalue weighted by Crippen LogP contribution is -2.26. The number of methoxy groups -OCH3 is 1. The largest absolute Gasteiger partial charge is 0.508 e. The predicted octanol–water partition coefficient (Wildman–Crippen LogP) is 4.28. The van der Waals surface area contributed by atoms with Crippen molar-refractivity contribution in [3.63, 3.8) is 0 Å². The van der Waals surface area contributed by atoms with E-state index >= 15 is 0 Å². The zero-order valence-electron chi connectivity index (χ0n) is 20.1. The van der Waals surface area contributed by atoms with Crippen LogP contribution in [-0.2, 0) is 25.9 Å². The van der Waals surface area contributed by atoms with Gasteiger partial charge in [-0.15, -0.1) is 0 Å². The minimum Gasteiger partial charge on any atom is -0.508 e. The van der Waals surface area contributed by atoms with Crippen molar-refractivity contribution >= 4 is 17.4 Å². The molecule has 2 aromatic carbocycles. The third-order valence-corrected chi connectivity index (χ3v) is 6.30. The van der Waals surface area contributed by atoms with Crippen LogP contribution in [0.3, 0.4) is 0 Å². The number of H-pyrrole nitrogens is 1. The molecule has 9 heteroatoms. The van der Waals surface area contributed by atoms with Crippen LogP contribution >= 0.6 is 0 Å².